The van der Waals surface area contributed by atoms with Gasteiger partial charge < -0.3 is 10.8 Å². The van der Waals surface area contributed by atoms with Gasteiger partial charge in [0.15, 0.2) is 0 Å². The van der Waals surface area contributed by atoms with Gasteiger partial charge in [-0.25, -0.2) is 0 Å². The summed E-state index contributed by atoms with van der Waals surface area (Å²) in [6.45, 7) is 0. The third kappa shape index (κ3) is 3.22. The van der Waals surface area contributed by atoms with Crippen molar-refractivity contribution in [2.45, 2.75) is 18.1 Å². The molecule has 2 nitrogen and oxygen atoms in total. The molecular weight excluding hydrogens is 318 g/mol. The Morgan fingerprint density at radius 3 is 1.75 bits per heavy atom. The van der Waals surface area contributed by atoms with Gasteiger partial charge in [0.1, 0.15) is 5.60 Å². The molecule has 3 heteroatoms. The van der Waals surface area contributed by atoms with Gasteiger partial charge in [0.05, 0.1) is 0 Å². The number of nitrogens with two attached hydrogens (primary N) is 1. The maximum absolute atomic E-state index is 11.6. The molecular formula is C21H20ClNO. The van der Waals surface area contributed by atoms with E-state index in [-0.39, 0.29) is 0 Å². The molecule has 0 aromatic heterocycles. The average molecular weight is 338 g/mol. The summed E-state index contributed by atoms with van der Waals surface area (Å²) in [6.07, 6.45) is 0.472. The molecule has 0 fully saturated rings. The van der Waals surface area contributed by atoms with Crippen molar-refractivity contribution in [3.63, 3.8) is 0 Å². The Bertz CT molecular complexity index is 750. The van der Waals surface area contributed by atoms with Gasteiger partial charge in [-0.2, -0.15) is 0 Å². The van der Waals surface area contributed by atoms with E-state index in [9.17, 15) is 5.11 Å². The lowest BCUT2D eigenvalue weighted by atomic mass is 9.78. The summed E-state index contributed by atoms with van der Waals surface area (Å²) < 4.78 is 0. The second kappa shape index (κ2) is 7.18. The Kier molecular flexibility index (Phi) is 5.00. The van der Waals surface area contributed by atoms with Crippen molar-refractivity contribution < 1.29 is 5.11 Å². The zero-order valence-corrected chi connectivity index (χ0v) is 14.0. The Labute approximate surface area is 147 Å². The number of hydrogen-bond acceptors (Lipinski definition) is 2. The van der Waals surface area contributed by atoms with E-state index in [1.807, 2.05) is 84.9 Å². The maximum atomic E-state index is 11.6. The Hall–Kier alpha value is -2.13. The lowest BCUT2D eigenvalue weighted by Crippen LogP contribution is -2.47. The van der Waals surface area contributed by atoms with Gasteiger partial charge in [0.2, 0.25) is 0 Å². The van der Waals surface area contributed by atoms with Gasteiger partial charge in [-0.1, -0.05) is 90.5 Å². The summed E-state index contributed by atoms with van der Waals surface area (Å²) in [5.41, 5.74) is 7.69. The van der Waals surface area contributed by atoms with Crippen LogP contribution in [0.1, 0.15) is 16.7 Å². The third-order valence-electron chi connectivity index (χ3n) is 4.36. The quantitative estimate of drug-likeness (QED) is 0.734. The minimum Gasteiger partial charge on any atom is -0.379 e. The van der Waals surface area contributed by atoms with Crippen LogP contribution in [0.15, 0.2) is 84.9 Å². The summed E-state index contributed by atoms with van der Waals surface area (Å²) in [5, 5.41) is 12.3. The Morgan fingerprint density at radius 1 is 0.792 bits per heavy atom. The highest BCUT2D eigenvalue weighted by Gasteiger charge is 2.38. The van der Waals surface area contributed by atoms with Crippen molar-refractivity contribution in [1.82, 2.24) is 0 Å². The molecule has 0 saturated heterocycles. The van der Waals surface area contributed by atoms with Crippen LogP contribution in [0.25, 0.3) is 0 Å². The summed E-state index contributed by atoms with van der Waals surface area (Å²) in [4.78, 5) is 0. The predicted molar refractivity (Wildman–Crippen MR) is 99.0 cm³/mol. The summed E-state index contributed by atoms with van der Waals surface area (Å²) in [5.74, 6) is 0. The number of hydrogen-bond donors (Lipinski definition) is 2. The molecule has 0 aliphatic carbocycles. The normalized spacial score (nSPS) is 12.8. The average Bonchev–Trinajstić information content (AvgIpc) is 2.64. The lowest BCUT2D eigenvalue weighted by Gasteiger charge is -2.35. The first-order valence-electron chi connectivity index (χ1n) is 7.95. The second-order valence-electron chi connectivity index (χ2n) is 5.90. The van der Waals surface area contributed by atoms with E-state index < -0.39 is 11.6 Å². The van der Waals surface area contributed by atoms with E-state index >= 15 is 0 Å². The van der Waals surface area contributed by atoms with E-state index in [1.165, 1.54) is 0 Å². The fraction of sp³-hybridized carbons (Fsp3) is 0.143. The highest BCUT2D eigenvalue weighted by molar-refractivity contribution is 6.31. The van der Waals surface area contributed by atoms with Crippen LogP contribution in [0.4, 0.5) is 0 Å². The van der Waals surface area contributed by atoms with Crippen molar-refractivity contribution in [2.24, 2.45) is 5.73 Å². The molecule has 0 spiro atoms. The van der Waals surface area contributed by atoms with Crippen LogP contribution in [0.3, 0.4) is 0 Å². The van der Waals surface area contributed by atoms with Gasteiger partial charge in [0.25, 0.3) is 0 Å². The molecule has 0 unspecified atom stereocenters. The summed E-state index contributed by atoms with van der Waals surface area (Å²) >= 11 is 6.27. The Morgan fingerprint density at radius 2 is 1.25 bits per heavy atom. The zero-order valence-electron chi connectivity index (χ0n) is 13.3. The third-order valence-corrected chi connectivity index (χ3v) is 4.73. The van der Waals surface area contributed by atoms with E-state index in [2.05, 4.69) is 0 Å². The van der Waals surface area contributed by atoms with Crippen LogP contribution in [0.2, 0.25) is 5.02 Å². The summed E-state index contributed by atoms with van der Waals surface area (Å²) in [6, 6.07) is 26.2. The molecule has 0 bridgehead atoms. The van der Waals surface area contributed by atoms with Crippen LogP contribution in [-0.2, 0) is 12.0 Å². The van der Waals surface area contributed by atoms with Gasteiger partial charge in [-0.3, -0.25) is 0 Å². The van der Waals surface area contributed by atoms with Gasteiger partial charge >= 0.3 is 0 Å². The number of halogens is 1. The van der Waals surface area contributed by atoms with Crippen LogP contribution < -0.4 is 5.73 Å². The van der Waals surface area contributed by atoms with E-state index in [0.717, 1.165) is 16.7 Å². The van der Waals surface area contributed by atoms with Crippen molar-refractivity contribution in [3.05, 3.63) is 107 Å². The smallest absolute Gasteiger partial charge is 0.130 e. The van der Waals surface area contributed by atoms with Gasteiger partial charge in [-0.05, 0) is 29.2 Å². The maximum Gasteiger partial charge on any atom is 0.130 e. The topological polar surface area (TPSA) is 46.2 Å². The summed E-state index contributed by atoms with van der Waals surface area (Å²) in [7, 11) is 0. The second-order valence-corrected chi connectivity index (χ2v) is 6.31. The number of benzene rings is 3. The lowest BCUT2D eigenvalue weighted by molar-refractivity contribution is 0.0517. The molecule has 3 N–H and O–H groups in total. The highest BCUT2D eigenvalue weighted by atomic mass is 35.5. The minimum atomic E-state index is -1.29. The number of rotatable bonds is 5. The van der Waals surface area contributed by atoms with Crippen molar-refractivity contribution in [3.8, 4) is 0 Å². The first-order chi connectivity index (χ1) is 11.6. The predicted octanol–water partition coefficient (Wildman–Crippen LogP) is 4.15. The van der Waals surface area contributed by atoms with Crippen LogP contribution >= 0.6 is 11.6 Å². The fourth-order valence-electron chi connectivity index (χ4n) is 3.03. The van der Waals surface area contributed by atoms with E-state index in [0.29, 0.717) is 11.4 Å². The molecule has 3 aromatic rings. The Balaban J connectivity index is 2.04. The molecule has 0 amide bonds. The molecule has 122 valence electrons. The molecule has 1 atom stereocenters. The fourth-order valence-corrected chi connectivity index (χ4v) is 3.24. The standard InChI is InChI=1S/C21H20ClNO/c22-19-14-8-7-9-16(19)15-20(23)21(24,17-10-3-1-4-11-17)18-12-5-2-6-13-18/h1-14,20,24H,15,23H2/t20-/m0/s1. The first kappa shape index (κ1) is 16.7. The highest BCUT2D eigenvalue weighted by Crippen LogP contribution is 2.34. The van der Waals surface area contributed by atoms with E-state index in [1.54, 1.807) is 0 Å². The molecule has 0 heterocycles. The van der Waals surface area contributed by atoms with Crippen LogP contribution in [0.5, 0.6) is 0 Å². The first-order valence-corrected chi connectivity index (χ1v) is 8.32. The molecule has 3 aromatic carbocycles. The molecule has 0 saturated carbocycles. The van der Waals surface area contributed by atoms with Crippen molar-refractivity contribution in [2.75, 3.05) is 0 Å². The monoisotopic (exact) mass is 337 g/mol. The molecule has 0 aliphatic rings. The van der Waals surface area contributed by atoms with Gasteiger partial charge in [0, 0.05) is 11.1 Å². The van der Waals surface area contributed by atoms with Crippen LogP contribution in [0, 0.1) is 0 Å². The molecule has 0 radical (unpaired) electrons. The molecule has 24 heavy (non-hydrogen) atoms. The zero-order chi connectivity index (χ0) is 17.0. The van der Waals surface area contributed by atoms with Gasteiger partial charge in [-0.15, -0.1) is 0 Å². The van der Waals surface area contributed by atoms with Crippen LogP contribution in [-0.4, -0.2) is 11.1 Å². The van der Waals surface area contributed by atoms with Crippen molar-refractivity contribution >= 4 is 11.6 Å². The largest absolute Gasteiger partial charge is 0.379 e. The SMILES string of the molecule is N[C@@H](Cc1ccccc1Cl)C(O)(c1ccccc1)c1ccccc1. The minimum absolute atomic E-state index is 0.472. The number of aliphatic hydroxyl groups is 1. The van der Waals surface area contributed by atoms with Crippen molar-refractivity contribution in [1.29, 1.82) is 0 Å². The molecule has 3 rings (SSSR count). The van der Waals surface area contributed by atoms with E-state index in [4.69, 9.17) is 17.3 Å². The molecule has 0 aliphatic heterocycles.